The molecule has 0 fully saturated rings. The van der Waals surface area contributed by atoms with Crippen molar-refractivity contribution in [2.45, 2.75) is 0 Å². The molecule has 3 nitrogen and oxygen atoms in total. The maximum Gasteiger partial charge on any atom is 0.374 e. The molecule has 4 aromatic carbocycles. The first-order valence-electron chi connectivity index (χ1n) is 11.1. The fourth-order valence-corrected chi connectivity index (χ4v) is 4.55. The van der Waals surface area contributed by atoms with Gasteiger partial charge in [-0.15, -0.1) is 0 Å². The summed E-state index contributed by atoms with van der Waals surface area (Å²) in [6.45, 7) is 0. The highest BCUT2D eigenvalue weighted by Crippen LogP contribution is 2.38. The van der Waals surface area contributed by atoms with E-state index in [2.05, 4.69) is 60.7 Å². The Bertz CT molecular complexity index is 1630. The maximum atomic E-state index is 5.58. The van der Waals surface area contributed by atoms with Gasteiger partial charge in [0.05, 0.1) is 16.7 Å². The van der Waals surface area contributed by atoms with Gasteiger partial charge in [0.25, 0.3) is 0 Å². The summed E-state index contributed by atoms with van der Waals surface area (Å²) < 4.78 is 5.17. The van der Waals surface area contributed by atoms with Gasteiger partial charge in [0.15, 0.2) is 0 Å². The van der Waals surface area contributed by atoms with Gasteiger partial charge in [0.2, 0.25) is 0 Å². The Morgan fingerprint density at radius 1 is 0.559 bits per heavy atom. The van der Waals surface area contributed by atoms with Crippen LogP contribution in [0.2, 0.25) is 0 Å². The molecule has 6 rings (SSSR count). The van der Waals surface area contributed by atoms with E-state index < -0.39 is 0 Å². The molecule has 0 unspecified atom stereocenters. The molecule has 0 atom stereocenters. The molecule has 2 radical (unpaired) electrons. The lowest BCUT2D eigenvalue weighted by Gasteiger charge is -2.15. The molecule has 0 saturated carbocycles. The number of benzene rings is 4. The lowest BCUT2D eigenvalue weighted by atomic mass is 9.95. The highest BCUT2D eigenvalue weighted by Gasteiger charge is 2.16. The predicted molar refractivity (Wildman–Crippen MR) is 140 cm³/mol. The number of hydrogen-bond donors (Lipinski definition) is 0. The zero-order valence-corrected chi connectivity index (χ0v) is 18.3. The average molecular weight is 434 g/mol. The van der Waals surface area contributed by atoms with Crippen LogP contribution in [0, 0.1) is 0 Å². The van der Waals surface area contributed by atoms with Crippen LogP contribution in [0.25, 0.3) is 55.3 Å². The van der Waals surface area contributed by atoms with Crippen molar-refractivity contribution in [2.24, 2.45) is 0 Å². The number of para-hydroxylation sites is 1. The summed E-state index contributed by atoms with van der Waals surface area (Å²) in [6, 6.07) is 36.8. The smallest absolute Gasteiger partial charge is 0.374 e. The normalized spacial score (nSPS) is 11.1. The zero-order valence-electron chi connectivity index (χ0n) is 18.3. The lowest BCUT2D eigenvalue weighted by molar-refractivity contribution is 0.618. The summed E-state index contributed by atoms with van der Waals surface area (Å²) in [5.41, 5.74) is 7.80. The van der Waals surface area contributed by atoms with Gasteiger partial charge in [-0.3, -0.25) is 4.98 Å². The second-order valence-corrected chi connectivity index (χ2v) is 8.12. The second kappa shape index (κ2) is 8.49. The van der Waals surface area contributed by atoms with Gasteiger partial charge < -0.3 is 4.65 Å². The van der Waals surface area contributed by atoms with E-state index in [0.717, 1.165) is 55.3 Å². The van der Waals surface area contributed by atoms with E-state index in [-0.39, 0.29) is 0 Å². The summed E-state index contributed by atoms with van der Waals surface area (Å²) in [4.78, 5) is 9.89. The molecule has 158 valence electrons. The SMILES string of the molecule is [B]Oc1ccccc1-c1cc(-c2ccccc2)c2ccc3c(-c4ccccc4)ccnc3c2n1. The van der Waals surface area contributed by atoms with E-state index in [0.29, 0.717) is 5.75 Å². The van der Waals surface area contributed by atoms with Crippen LogP contribution in [0.5, 0.6) is 5.75 Å². The van der Waals surface area contributed by atoms with Crippen LogP contribution in [-0.4, -0.2) is 18.0 Å². The summed E-state index contributed by atoms with van der Waals surface area (Å²) in [5.74, 6) is 0.575. The van der Waals surface area contributed by atoms with Gasteiger partial charge in [-0.25, -0.2) is 4.98 Å². The molecule has 0 amide bonds. The molecule has 0 saturated heterocycles. The molecule has 0 aliphatic rings. The van der Waals surface area contributed by atoms with E-state index in [1.54, 1.807) is 0 Å². The first-order chi connectivity index (χ1) is 16.8. The average Bonchev–Trinajstić information content (AvgIpc) is 2.93. The Balaban J connectivity index is 1.71. The van der Waals surface area contributed by atoms with Crippen LogP contribution in [0.15, 0.2) is 115 Å². The van der Waals surface area contributed by atoms with Gasteiger partial charge in [-0.2, -0.15) is 0 Å². The summed E-state index contributed by atoms with van der Waals surface area (Å²) in [7, 11) is 5.58. The number of rotatable bonds is 4. The van der Waals surface area contributed by atoms with Crippen LogP contribution in [0.3, 0.4) is 0 Å². The van der Waals surface area contributed by atoms with E-state index in [9.17, 15) is 0 Å². The third-order valence-corrected chi connectivity index (χ3v) is 6.15. The molecule has 0 aliphatic carbocycles. The first-order valence-corrected chi connectivity index (χ1v) is 11.1. The highest BCUT2D eigenvalue weighted by molar-refractivity contribution is 6.12. The number of hydrogen-bond acceptors (Lipinski definition) is 3. The van der Waals surface area contributed by atoms with E-state index in [4.69, 9.17) is 22.7 Å². The highest BCUT2D eigenvalue weighted by atomic mass is 16.4. The fourth-order valence-electron chi connectivity index (χ4n) is 4.55. The molecule has 2 heterocycles. The van der Waals surface area contributed by atoms with Crippen LogP contribution >= 0.6 is 0 Å². The maximum absolute atomic E-state index is 5.58. The fraction of sp³-hybridized carbons (Fsp3) is 0. The van der Waals surface area contributed by atoms with Crippen molar-refractivity contribution < 1.29 is 4.65 Å². The monoisotopic (exact) mass is 434 g/mol. The predicted octanol–water partition coefficient (Wildman–Crippen LogP) is 7.25. The largest absolute Gasteiger partial charge is 0.567 e. The Kier molecular flexibility index (Phi) is 5.04. The van der Waals surface area contributed by atoms with Crippen molar-refractivity contribution in [1.29, 1.82) is 0 Å². The van der Waals surface area contributed by atoms with Gasteiger partial charge in [-0.1, -0.05) is 84.9 Å². The van der Waals surface area contributed by atoms with Crippen LogP contribution in [-0.2, 0) is 0 Å². The molecule has 34 heavy (non-hydrogen) atoms. The van der Waals surface area contributed by atoms with Crippen molar-refractivity contribution in [3.05, 3.63) is 115 Å². The molecule has 0 N–H and O–H groups in total. The van der Waals surface area contributed by atoms with Crippen molar-refractivity contribution in [1.82, 2.24) is 9.97 Å². The van der Waals surface area contributed by atoms with Crippen molar-refractivity contribution in [3.8, 4) is 39.3 Å². The van der Waals surface area contributed by atoms with Gasteiger partial charge in [0.1, 0.15) is 5.75 Å². The van der Waals surface area contributed by atoms with E-state index in [1.807, 2.05) is 54.7 Å². The molecule has 4 heteroatoms. The Hall–Kier alpha value is -4.44. The Labute approximate surface area is 199 Å². The van der Waals surface area contributed by atoms with Crippen molar-refractivity contribution in [2.75, 3.05) is 0 Å². The molecule has 2 aromatic heterocycles. The topological polar surface area (TPSA) is 35.0 Å². The minimum Gasteiger partial charge on any atom is -0.567 e. The molecule has 0 bridgehead atoms. The summed E-state index contributed by atoms with van der Waals surface area (Å²) >= 11 is 0. The van der Waals surface area contributed by atoms with E-state index in [1.165, 1.54) is 0 Å². The number of pyridine rings is 2. The summed E-state index contributed by atoms with van der Waals surface area (Å²) in [5, 5.41) is 2.11. The minimum atomic E-state index is 0.575. The number of nitrogens with zero attached hydrogens (tertiary/aromatic N) is 2. The van der Waals surface area contributed by atoms with Crippen molar-refractivity contribution in [3.63, 3.8) is 0 Å². The van der Waals surface area contributed by atoms with Gasteiger partial charge in [-0.05, 0) is 46.5 Å². The Morgan fingerprint density at radius 3 is 1.88 bits per heavy atom. The third-order valence-electron chi connectivity index (χ3n) is 6.15. The molecular weight excluding hydrogens is 415 g/mol. The molecule has 6 aromatic rings. The zero-order chi connectivity index (χ0) is 22.9. The third kappa shape index (κ3) is 3.41. The van der Waals surface area contributed by atoms with E-state index >= 15 is 0 Å². The lowest BCUT2D eigenvalue weighted by Crippen LogP contribution is -1.95. The minimum absolute atomic E-state index is 0.575. The molecule has 0 aliphatic heterocycles. The van der Waals surface area contributed by atoms with Crippen LogP contribution in [0.1, 0.15) is 0 Å². The number of fused-ring (bicyclic) bond motifs is 3. The number of aromatic nitrogens is 2. The quantitative estimate of drug-likeness (QED) is 0.217. The van der Waals surface area contributed by atoms with Gasteiger partial charge >= 0.3 is 8.05 Å². The van der Waals surface area contributed by atoms with Crippen molar-refractivity contribution >= 4 is 29.9 Å². The van der Waals surface area contributed by atoms with Crippen LogP contribution in [0.4, 0.5) is 0 Å². The van der Waals surface area contributed by atoms with Crippen LogP contribution < -0.4 is 4.65 Å². The van der Waals surface area contributed by atoms with Gasteiger partial charge in [0, 0.05) is 22.5 Å². The standard InChI is InChI=1S/C30H19BN2O/c31-34-28-14-8-7-13-25(28)27-19-26(21-11-5-2-6-12-21)24-16-15-23-22(20-9-3-1-4-10-20)17-18-32-29(23)30(24)33-27/h1-19H. The second-order valence-electron chi connectivity index (χ2n) is 8.12. The Morgan fingerprint density at radius 2 is 1.18 bits per heavy atom. The first kappa shape index (κ1) is 20.2. The molecule has 0 spiro atoms. The molecular formula is C30H19BN2O. The summed E-state index contributed by atoms with van der Waals surface area (Å²) in [6.07, 6.45) is 1.86.